The lowest BCUT2D eigenvalue weighted by atomic mass is 9.90. The number of nitrogens with zero attached hydrogens (tertiary/aromatic N) is 5. The maximum Gasteiger partial charge on any atom is 0.222 e. The quantitative estimate of drug-likeness (QED) is 0.591. The fourth-order valence-corrected chi connectivity index (χ4v) is 2.83. The van der Waals surface area contributed by atoms with Crippen LogP contribution in [0.5, 0.6) is 0 Å². The van der Waals surface area contributed by atoms with Crippen molar-refractivity contribution < 1.29 is 0 Å². The zero-order valence-electron chi connectivity index (χ0n) is 14.4. The van der Waals surface area contributed by atoms with Gasteiger partial charge in [0, 0.05) is 23.5 Å². The molecule has 134 valence electrons. The van der Waals surface area contributed by atoms with Gasteiger partial charge >= 0.3 is 0 Å². The minimum absolute atomic E-state index is 0. The molecule has 0 saturated carbocycles. The van der Waals surface area contributed by atoms with Gasteiger partial charge in [-0.2, -0.15) is 10.1 Å². The molecule has 3 aromatic rings. The van der Waals surface area contributed by atoms with E-state index in [1.807, 2.05) is 6.07 Å². The SMILES string of the molecule is CCCC[C@](C)(Cc1ncn[nH]1)Nc1nc(N)nc2cnccc12.Cl. The average Bonchev–Trinajstić information content (AvgIpc) is 3.05. The summed E-state index contributed by atoms with van der Waals surface area (Å²) in [6.45, 7) is 4.34. The molecule has 0 aliphatic rings. The van der Waals surface area contributed by atoms with Crippen molar-refractivity contribution in [2.75, 3.05) is 11.1 Å². The second kappa shape index (κ2) is 8.06. The molecular formula is C16H23ClN8. The second-order valence-corrected chi connectivity index (χ2v) is 6.22. The summed E-state index contributed by atoms with van der Waals surface area (Å²) in [5.74, 6) is 1.79. The van der Waals surface area contributed by atoms with Gasteiger partial charge in [0.15, 0.2) is 0 Å². The number of hydrogen-bond donors (Lipinski definition) is 3. The molecule has 3 aromatic heterocycles. The third-order valence-corrected chi connectivity index (χ3v) is 4.04. The number of aromatic nitrogens is 6. The lowest BCUT2D eigenvalue weighted by Gasteiger charge is -2.31. The smallest absolute Gasteiger partial charge is 0.222 e. The summed E-state index contributed by atoms with van der Waals surface area (Å²) < 4.78 is 0. The first kappa shape index (κ1) is 18.9. The van der Waals surface area contributed by atoms with Crippen LogP contribution < -0.4 is 11.1 Å². The van der Waals surface area contributed by atoms with Crippen LogP contribution in [0.3, 0.4) is 0 Å². The number of fused-ring (bicyclic) bond motifs is 1. The van der Waals surface area contributed by atoms with Crippen LogP contribution >= 0.6 is 12.4 Å². The zero-order valence-corrected chi connectivity index (χ0v) is 15.2. The number of aromatic amines is 1. The van der Waals surface area contributed by atoms with Crippen LogP contribution in [-0.4, -0.2) is 35.7 Å². The first-order chi connectivity index (χ1) is 11.6. The number of hydrogen-bond acceptors (Lipinski definition) is 7. The predicted octanol–water partition coefficient (Wildman–Crippen LogP) is 2.75. The zero-order chi connectivity index (χ0) is 17.0. The van der Waals surface area contributed by atoms with E-state index in [9.17, 15) is 0 Å². The van der Waals surface area contributed by atoms with Crippen molar-refractivity contribution in [2.24, 2.45) is 0 Å². The van der Waals surface area contributed by atoms with Gasteiger partial charge in [0.05, 0.1) is 11.7 Å². The highest BCUT2D eigenvalue weighted by atomic mass is 35.5. The van der Waals surface area contributed by atoms with E-state index in [4.69, 9.17) is 5.73 Å². The van der Waals surface area contributed by atoms with E-state index in [2.05, 4.69) is 49.3 Å². The highest BCUT2D eigenvalue weighted by Gasteiger charge is 2.27. The fourth-order valence-electron chi connectivity index (χ4n) is 2.83. The molecule has 0 radical (unpaired) electrons. The number of nitrogens with two attached hydrogens (primary N) is 1. The summed E-state index contributed by atoms with van der Waals surface area (Å²) in [5, 5.41) is 11.3. The van der Waals surface area contributed by atoms with Crippen LogP contribution in [-0.2, 0) is 6.42 Å². The number of nitrogens with one attached hydrogen (secondary N) is 2. The Kier molecular flexibility index (Phi) is 6.08. The Morgan fingerprint density at radius 2 is 2.16 bits per heavy atom. The Morgan fingerprint density at radius 3 is 2.88 bits per heavy atom. The third-order valence-electron chi connectivity index (χ3n) is 4.04. The highest BCUT2D eigenvalue weighted by Crippen LogP contribution is 2.27. The number of halogens is 1. The van der Waals surface area contributed by atoms with Crippen LogP contribution in [0.2, 0.25) is 0 Å². The van der Waals surface area contributed by atoms with Crippen molar-refractivity contribution in [1.29, 1.82) is 0 Å². The van der Waals surface area contributed by atoms with Crippen molar-refractivity contribution >= 4 is 35.1 Å². The largest absolute Gasteiger partial charge is 0.368 e. The van der Waals surface area contributed by atoms with Crippen molar-refractivity contribution in [1.82, 2.24) is 30.1 Å². The summed E-state index contributed by atoms with van der Waals surface area (Å²) in [7, 11) is 0. The van der Waals surface area contributed by atoms with Crippen molar-refractivity contribution in [3.05, 3.63) is 30.6 Å². The Bertz CT molecular complexity index is 807. The van der Waals surface area contributed by atoms with Crippen LogP contribution in [0.1, 0.15) is 38.9 Å². The Morgan fingerprint density at radius 1 is 1.32 bits per heavy atom. The topological polar surface area (TPSA) is 118 Å². The molecule has 0 aliphatic heterocycles. The van der Waals surface area contributed by atoms with Gasteiger partial charge < -0.3 is 11.1 Å². The Labute approximate surface area is 152 Å². The van der Waals surface area contributed by atoms with E-state index in [-0.39, 0.29) is 23.9 Å². The molecule has 8 nitrogen and oxygen atoms in total. The van der Waals surface area contributed by atoms with E-state index >= 15 is 0 Å². The number of H-pyrrole nitrogens is 1. The second-order valence-electron chi connectivity index (χ2n) is 6.22. The molecule has 9 heteroatoms. The molecule has 0 bridgehead atoms. The number of unbranched alkanes of at least 4 members (excludes halogenated alkanes) is 1. The molecule has 3 rings (SSSR count). The molecule has 0 fully saturated rings. The van der Waals surface area contributed by atoms with Gasteiger partial charge in [-0.25, -0.2) is 9.97 Å². The number of nitrogen functional groups attached to an aromatic ring is 1. The molecule has 0 unspecified atom stereocenters. The number of pyridine rings is 1. The third kappa shape index (κ3) is 4.54. The maximum absolute atomic E-state index is 5.86. The average molecular weight is 363 g/mol. The molecule has 0 saturated heterocycles. The molecule has 0 aromatic carbocycles. The summed E-state index contributed by atoms with van der Waals surface area (Å²) in [5.41, 5.74) is 6.36. The first-order valence-corrected chi connectivity index (χ1v) is 8.09. The molecule has 0 amide bonds. The standard InChI is InChI=1S/C16H22N8.ClH/c1-3-4-6-16(2,8-13-19-10-20-24-13)23-14-11-5-7-18-9-12(11)21-15(17)22-14;/h5,7,9-10H,3-4,6,8H2,1-2H3,(H,19,20,24)(H3,17,21,22,23);1H/t16-;/m1./s1. The summed E-state index contributed by atoms with van der Waals surface area (Å²) in [4.78, 5) is 17.0. The molecule has 0 spiro atoms. The molecule has 4 N–H and O–H groups in total. The van der Waals surface area contributed by atoms with Gasteiger partial charge in [0.25, 0.3) is 0 Å². The highest BCUT2D eigenvalue weighted by molar-refractivity contribution is 5.89. The van der Waals surface area contributed by atoms with Crippen LogP contribution in [0.25, 0.3) is 10.9 Å². The monoisotopic (exact) mass is 362 g/mol. The van der Waals surface area contributed by atoms with Crippen LogP contribution in [0, 0.1) is 0 Å². The molecular weight excluding hydrogens is 340 g/mol. The van der Waals surface area contributed by atoms with Crippen LogP contribution in [0.4, 0.5) is 11.8 Å². The molecule has 3 heterocycles. The van der Waals surface area contributed by atoms with Crippen LogP contribution in [0.15, 0.2) is 24.8 Å². The van der Waals surface area contributed by atoms with Crippen molar-refractivity contribution in [3.8, 4) is 0 Å². The molecule has 25 heavy (non-hydrogen) atoms. The minimum atomic E-state index is -0.230. The summed E-state index contributed by atoms with van der Waals surface area (Å²) in [6.07, 6.45) is 8.84. The van der Waals surface area contributed by atoms with E-state index in [1.165, 1.54) is 6.33 Å². The predicted molar refractivity (Wildman–Crippen MR) is 101 cm³/mol. The first-order valence-electron chi connectivity index (χ1n) is 8.09. The lowest BCUT2D eigenvalue weighted by Crippen LogP contribution is -2.38. The van der Waals surface area contributed by atoms with Gasteiger partial charge in [-0.1, -0.05) is 19.8 Å². The van der Waals surface area contributed by atoms with Crippen molar-refractivity contribution in [2.45, 2.75) is 45.1 Å². The van der Waals surface area contributed by atoms with Gasteiger partial charge in [-0.05, 0) is 19.4 Å². The van der Waals surface area contributed by atoms with E-state index in [0.717, 1.165) is 41.8 Å². The Hall–Kier alpha value is -2.48. The van der Waals surface area contributed by atoms with E-state index < -0.39 is 0 Å². The lowest BCUT2D eigenvalue weighted by molar-refractivity contribution is 0.440. The normalized spacial score (nSPS) is 13.2. The summed E-state index contributed by atoms with van der Waals surface area (Å²) in [6, 6.07) is 1.89. The Balaban J connectivity index is 0.00000225. The molecule has 0 aliphatic carbocycles. The maximum atomic E-state index is 5.86. The van der Waals surface area contributed by atoms with Gasteiger partial charge in [-0.3, -0.25) is 10.1 Å². The van der Waals surface area contributed by atoms with Gasteiger partial charge in [0.2, 0.25) is 5.95 Å². The van der Waals surface area contributed by atoms with E-state index in [1.54, 1.807) is 12.4 Å². The summed E-state index contributed by atoms with van der Waals surface area (Å²) >= 11 is 0. The fraction of sp³-hybridized carbons (Fsp3) is 0.438. The van der Waals surface area contributed by atoms with Gasteiger partial charge in [0.1, 0.15) is 18.0 Å². The van der Waals surface area contributed by atoms with Gasteiger partial charge in [-0.15, -0.1) is 12.4 Å². The number of rotatable bonds is 7. The number of anilines is 2. The van der Waals surface area contributed by atoms with E-state index in [0.29, 0.717) is 6.42 Å². The minimum Gasteiger partial charge on any atom is -0.368 e. The van der Waals surface area contributed by atoms with Crippen molar-refractivity contribution in [3.63, 3.8) is 0 Å². The molecule has 1 atom stereocenters.